The number of benzene rings is 2. The molecule has 2 amide bonds. The van der Waals surface area contributed by atoms with Gasteiger partial charge in [-0.3, -0.25) is 9.59 Å². The highest BCUT2D eigenvalue weighted by Crippen LogP contribution is 2.27. The number of carbonyl (C=O) groups excluding carboxylic acids is 2. The van der Waals surface area contributed by atoms with Crippen LogP contribution in [0.2, 0.25) is 5.02 Å². The summed E-state index contributed by atoms with van der Waals surface area (Å²) in [6, 6.07) is 12.1. The van der Waals surface area contributed by atoms with E-state index in [2.05, 4.69) is 21.2 Å². The number of hydrogen-bond donors (Lipinski definition) is 1. The Labute approximate surface area is 165 Å². The van der Waals surface area contributed by atoms with Gasteiger partial charge in [0.1, 0.15) is 5.75 Å². The molecule has 0 spiro atoms. The van der Waals surface area contributed by atoms with Gasteiger partial charge in [0.15, 0.2) is 6.61 Å². The van der Waals surface area contributed by atoms with E-state index in [9.17, 15) is 9.59 Å². The van der Waals surface area contributed by atoms with Gasteiger partial charge in [0.2, 0.25) is 0 Å². The highest BCUT2D eigenvalue weighted by Gasteiger charge is 2.19. The third-order valence-electron chi connectivity index (χ3n) is 4.06. The van der Waals surface area contributed by atoms with Crippen molar-refractivity contribution in [3.63, 3.8) is 0 Å². The Balaban J connectivity index is 1.53. The second-order valence-corrected chi connectivity index (χ2v) is 7.31. The molecule has 2 aromatic rings. The maximum absolute atomic E-state index is 12.3. The summed E-state index contributed by atoms with van der Waals surface area (Å²) in [5, 5.41) is 3.17. The Hall–Kier alpha value is -2.05. The molecule has 0 radical (unpaired) electrons. The monoisotopic (exact) mass is 436 g/mol. The number of nitrogens with one attached hydrogen (secondary N) is 1. The number of rotatable bonds is 5. The SMILES string of the molecule is O=C(COc1ccc(Br)cc1Cl)Nc1ccc(C(=O)N2CCCC2)cc1. The Morgan fingerprint density at radius 3 is 2.46 bits per heavy atom. The van der Waals surface area contributed by atoms with Crippen molar-refractivity contribution in [3.05, 3.63) is 57.5 Å². The molecule has 7 heteroatoms. The van der Waals surface area contributed by atoms with Gasteiger partial charge in [-0.05, 0) is 55.3 Å². The van der Waals surface area contributed by atoms with Crippen LogP contribution in [0.1, 0.15) is 23.2 Å². The molecule has 0 atom stereocenters. The second kappa shape index (κ2) is 8.56. The zero-order chi connectivity index (χ0) is 18.5. The van der Waals surface area contributed by atoms with Crippen LogP contribution in [0.3, 0.4) is 0 Å². The maximum Gasteiger partial charge on any atom is 0.262 e. The Morgan fingerprint density at radius 1 is 1.12 bits per heavy atom. The van der Waals surface area contributed by atoms with Gasteiger partial charge in [-0.25, -0.2) is 0 Å². The van der Waals surface area contributed by atoms with Crippen LogP contribution in [0.15, 0.2) is 46.9 Å². The number of hydrogen-bond acceptors (Lipinski definition) is 3. The molecule has 1 aliphatic heterocycles. The molecule has 1 N–H and O–H groups in total. The summed E-state index contributed by atoms with van der Waals surface area (Å²) in [7, 11) is 0. The van der Waals surface area contributed by atoms with Gasteiger partial charge in [-0.15, -0.1) is 0 Å². The largest absolute Gasteiger partial charge is 0.482 e. The molecule has 1 saturated heterocycles. The number of nitrogens with zero attached hydrogens (tertiary/aromatic N) is 1. The Kier molecular flexibility index (Phi) is 6.16. The van der Waals surface area contributed by atoms with E-state index in [1.165, 1.54) is 0 Å². The lowest BCUT2D eigenvalue weighted by Gasteiger charge is -2.15. The summed E-state index contributed by atoms with van der Waals surface area (Å²) in [5.74, 6) is 0.174. The zero-order valence-corrected chi connectivity index (χ0v) is 16.3. The normalized spacial score (nSPS) is 13.5. The molecule has 3 rings (SSSR count). The molecule has 0 aromatic heterocycles. The van der Waals surface area contributed by atoms with E-state index in [0.717, 1.165) is 30.4 Å². The zero-order valence-electron chi connectivity index (χ0n) is 14.0. The minimum Gasteiger partial charge on any atom is -0.482 e. The van der Waals surface area contributed by atoms with Gasteiger partial charge in [0.25, 0.3) is 11.8 Å². The minimum atomic E-state index is -0.303. The van der Waals surface area contributed by atoms with Crippen molar-refractivity contribution < 1.29 is 14.3 Å². The van der Waals surface area contributed by atoms with Crippen molar-refractivity contribution in [2.45, 2.75) is 12.8 Å². The number of ether oxygens (including phenoxy) is 1. The van der Waals surface area contributed by atoms with Gasteiger partial charge >= 0.3 is 0 Å². The van der Waals surface area contributed by atoms with Crippen LogP contribution >= 0.6 is 27.5 Å². The number of carbonyl (C=O) groups is 2. The topological polar surface area (TPSA) is 58.6 Å². The molecule has 1 aliphatic rings. The first-order valence-corrected chi connectivity index (χ1v) is 9.47. The molecule has 0 bridgehead atoms. The van der Waals surface area contributed by atoms with Crippen molar-refractivity contribution in [1.29, 1.82) is 0 Å². The van der Waals surface area contributed by atoms with Crippen molar-refractivity contribution in [2.24, 2.45) is 0 Å². The molecule has 0 aliphatic carbocycles. The standard InChI is InChI=1S/C19H18BrClN2O3/c20-14-5-8-17(16(21)11-14)26-12-18(24)22-15-6-3-13(4-7-15)19(25)23-9-1-2-10-23/h3-8,11H,1-2,9-10,12H2,(H,22,24). The predicted molar refractivity (Wildman–Crippen MR) is 105 cm³/mol. The first-order valence-electron chi connectivity index (χ1n) is 8.30. The van der Waals surface area contributed by atoms with E-state index >= 15 is 0 Å². The van der Waals surface area contributed by atoms with E-state index in [1.807, 2.05) is 4.90 Å². The molecule has 136 valence electrons. The van der Waals surface area contributed by atoms with Crippen LogP contribution in [0.5, 0.6) is 5.75 Å². The first-order chi connectivity index (χ1) is 12.5. The summed E-state index contributed by atoms with van der Waals surface area (Å²) in [6.07, 6.45) is 2.12. The summed E-state index contributed by atoms with van der Waals surface area (Å²) in [6.45, 7) is 1.47. The van der Waals surface area contributed by atoms with E-state index in [1.54, 1.807) is 42.5 Å². The highest BCUT2D eigenvalue weighted by molar-refractivity contribution is 9.10. The molecule has 0 saturated carbocycles. The average molecular weight is 438 g/mol. The smallest absolute Gasteiger partial charge is 0.262 e. The third kappa shape index (κ3) is 4.77. The Bertz CT molecular complexity index is 805. The van der Waals surface area contributed by atoms with Crippen molar-refractivity contribution in [3.8, 4) is 5.75 Å². The maximum atomic E-state index is 12.3. The number of amides is 2. The average Bonchev–Trinajstić information content (AvgIpc) is 3.16. The van der Waals surface area contributed by atoms with E-state index in [0.29, 0.717) is 22.0 Å². The van der Waals surface area contributed by atoms with Gasteiger partial charge in [0, 0.05) is 28.8 Å². The van der Waals surface area contributed by atoms with Crippen LogP contribution in [0.25, 0.3) is 0 Å². The number of likely N-dealkylation sites (tertiary alicyclic amines) is 1. The number of halogens is 2. The molecular formula is C19H18BrClN2O3. The van der Waals surface area contributed by atoms with Gasteiger partial charge in [-0.1, -0.05) is 27.5 Å². The van der Waals surface area contributed by atoms with Crippen LogP contribution < -0.4 is 10.1 Å². The lowest BCUT2D eigenvalue weighted by molar-refractivity contribution is -0.118. The van der Waals surface area contributed by atoms with Crippen molar-refractivity contribution in [2.75, 3.05) is 25.0 Å². The van der Waals surface area contributed by atoms with Gasteiger partial charge in [0.05, 0.1) is 5.02 Å². The first kappa shape index (κ1) is 18.7. The molecule has 1 fully saturated rings. The quantitative estimate of drug-likeness (QED) is 0.756. The van der Waals surface area contributed by atoms with Crippen LogP contribution in [0.4, 0.5) is 5.69 Å². The van der Waals surface area contributed by atoms with E-state index < -0.39 is 0 Å². The van der Waals surface area contributed by atoms with Crippen LogP contribution in [-0.2, 0) is 4.79 Å². The van der Waals surface area contributed by atoms with E-state index in [4.69, 9.17) is 16.3 Å². The number of anilines is 1. The van der Waals surface area contributed by atoms with Crippen LogP contribution in [0, 0.1) is 0 Å². The fourth-order valence-electron chi connectivity index (χ4n) is 2.73. The molecular weight excluding hydrogens is 420 g/mol. The lowest BCUT2D eigenvalue weighted by atomic mass is 10.2. The fraction of sp³-hybridized carbons (Fsp3) is 0.263. The molecule has 5 nitrogen and oxygen atoms in total. The fourth-order valence-corrected chi connectivity index (χ4v) is 3.46. The van der Waals surface area contributed by atoms with Crippen molar-refractivity contribution >= 4 is 45.0 Å². The molecule has 2 aromatic carbocycles. The summed E-state index contributed by atoms with van der Waals surface area (Å²) in [5.41, 5.74) is 1.24. The minimum absolute atomic E-state index is 0.0357. The summed E-state index contributed by atoms with van der Waals surface area (Å²) >= 11 is 9.36. The molecule has 0 unspecified atom stereocenters. The Morgan fingerprint density at radius 2 is 1.81 bits per heavy atom. The van der Waals surface area contributed by atoms with Gasteiger partial charge < -0.3 is 15.0 Å². The predicted octanol–water partition coefficient (Wildman–Crippen LogP) is 4.36. The summed E-state index contributed by atoms with van der Waals surface area (Å²) < 4.78 is 6.27. The third-order valence-corrected chi connectivity index (χ3v) is 4.85. The summed E-state index contributed by atoms with van der Waals surface area (Å²) in [4.78, 5) is 26.2. The molecule has 26 heavy (non-hydrogen) atoms. The van der Waals surface area contributed by atoms with Crippen LogP contribution in [-0.4, -0.2) is 36.4 Å². The van der Waals surface area contributed by atoms with Gasteiger partial charge in [-0.2, -0.15) is 0 Å². The lowest BCUT2D eigenvalue weighted by Crippen LogP contribution is -2.27. The highest BCUT2D eigenvalue weighted by atomic mass is 79.9. The van der Waals surface area contributed by atoms with E-state index in [-0.39, 0.29) is 18.4 Å². The molecule has 1 heterocycles. The van der Waals surface area contributed by atoms with Crippen molar-refractivity contribution in [1.82, 2.24) is 4.90 Å². The second-order valence-electron chi connectivity index (χ2n) is 5.99.